The Kier molecular flexibility index (Phi) is 4.31. The van der Waals surface area contributed by atoms with Crippen molar-refractivity contribution in [1.82, 2.24) is 0 Å². The number of ether oxygens (including phenoxy) is 4. The van der Waals surface area contributed by atoms with Crippen molar-refractivity contribution in [2.75, 3.05) is 19.8 Å². The van der Waals surface area contributed by atoms with Crippen LogP contribution < -0.4 is 14.2 Å². The number of nitrogens with zero attached hydrogens (tertiary/aromatic N) is 1. The Morgan fingerprint density at radius 1 is 1.12 bits per heavy atom. The maximum atomic E-state index is 12.2. The predicted molar refractivity (Wildman–Crippen MR) is 95.6 cm³/mol. The van der Waals surface area contributed by atoms with Crippen molar-refractivity contribution >= 4 is 17.9 Å². The molecule has 2 aromatic rings. The number of hydrogen-bond donors (Lipinski definition) is 0. The molecule has 6 heteroatoms. The van der Waals surface area contributed by atoms with Gasteiger partial charge >= 0.3 is 5.97 Å². The molecule has 0 fully saturated rings. The molecule has 0 N–H and O–H groups in total. The second-order valence-electron chi connectivity index (χ2n) is 5.67. The first-order chi connectivity index (χ1) is 12.7. The number of aliphatic imine (C=N–C) groups is 1. The summed E-state index contributed by atoms with van der Waals surface area (Å²) in [5, 5.41) is 0. The third-order valence-corrected chi connectivity index (χ3v) is 3.91. The average molecular weight is 351 g/mol. The maximum absolute atomic E-state index is 12.2. The van der Waals surface area contributed by atoms with Gasteiger partial charge in [-0.2, -0.15) is 0 Å². The van der Waals surface area contributed by atoms with Gasteiger partial charge in [0.1, 0.15) is 19.0 Å². The minimum Gasteiger partial charge on any atom is -0.493 e. The smallest absolute Gasteiger partial charge is 0.363 e. The molecule has 6 nitrogen and oxygen atoms in total. The maximum Gasteiger partial charge on any atom is 0.363 e. The molecule has 0 atom stereocenters. The Hall–Kier alpha value is -3.28. The zero-order valence-electron chi connectivity index (χ0n) is 14.2. The van der Waals surface area contributed by atoms with E-state index in [1.54, 1.807) is 6.08 Å². The molecule has 4 rings (SSSR count). The largest absolute Gasteiger partial charge is 0.493 e. The Labute approximate surface area is 150 Å². The predicted octanol–water partition coefficient (Wildman–Crippen LogP) is 3.20. The van der Waals surface area contributed by atoms with Crippen LogP contribution in [0, 0.1) is 0 Å². The van der Waals surface area contributed by atoms with Gasteiger partial charge in [-0.25, -0.2) is 9.79 Å². The molecular weight excluding hydrogens is 334 g/mol. The first-order valence-corrected chi connectivity index (χ1v) is 8.39. The fourth-order valence-electron chi connectivity index (χ4n) is 2.76. The minimum absolute atomic E-state index is 0.225. The summed E-state index contributed by atoms with van der Waals surface area (Å²) < 4.78 is 22.0. The fourth-order valence-corrected chi connectivity index (χ4v) is 2.76. The van der Waals surface area contributed by atoms with E-state index < -0.39 is 5.97 Å². The number of esters is 1. The Bertz CT molecular complexity index is 916. The van der Waals surface area contributed by atoms with Crippen molar-refractivity contribution in [3.8, 4) is 17.2 Å². The van der Waals surface area contributed by atoms with E-state index in [2.05, 4.69) is 4.99 Å². The molecule has 2 aliphatic rings. The van der Waals surface area contributed by atoms with Crippen molar-refractivity contribution in [3.63, 3.8) is 0 Å². The standard InChI is InChI=1S/C20H17NO5/c1-2-23-16-6-4-3-5-14(16)19-21-15(20(22)26-19)11-13-7-8-17-18(12-13)25-10-9-24-17/h3-8,11-12H,2,9-10H2,1H3. The molecule has 0 amide bonds. The molecule has 0 saturated carbocycles. The van der Waals surface area contributed by atoms with Crippen LogP contribution in [0.2, 0.25) is 0 Å². The summed E-state index contributed by atoms with van der Waals surface area (Å²) in [5.74, 6) is 1.72. The first kappa shape index (κ1) is 16.2. The Morgan fingerprint density at radius 2 is 1.92 bits per heavy atom. The van der Waals surface area contributed by atoms with E-state index in [1.807, 2.05) is 49.4 Å². The van der Waals surface area contributed by atoms with Crippen LogP contribution in [0.5, 0.6) is 17.2 Å². The lowest BCUT2D eigenvalue weighted by molar-refractivity contribution is -0.129. The lowest BCUT2D eigenvalue weighted by atomic mass is 10.1. The second-order valence-corrected chi connectivity index (χ2v) is 5.67. The molecule has 0 unspecified atom stereocenters. The van der Waals surface area contributed by atoms with Gasteiger partial charge in [0.25, 0.3) is 0 Å². The molecule has 0 aromatic heterocycles. The summed E-state index contributed by atoms with van der Waals surface area (Å²) >= 11 is 0. The highest BCUT2D eigenvalue weighted by Gasteiger charge is 2.26. The third-order valence-electron chi connectivity index (χ3n) is 3.91. The van der Waals surface area contributed by atoms with Crippen LogP contribution in [0.3, 0.4) is 0 Å². The topological polar surface area (TPSA) is 66.3 Å². The van der Waals surface area contributed by atoms with Crippen molar-refractivity contribution in [1.29, 1.82) is 0 Å². The molecule has 132 valence electrons. The zero-order valence-corrected chi connectivity index (χ0v) is 14.2. The molecule has 26 heavy (non-hydrogen) atoms. The molecule has 2 heterocycles. The van der Waals surface area contributed by atoms with Gasteiger partial charge in [0.2, 0.25) is 5.90 Å². The summed E-state index contributed by atoms with van der Waals surface area (Å²) in [6.45, 7) is 3.45. The van der Waals surface area contributed by atoms with Gasteiger partial charge < -0.3 is 18.9 Å². The normalized spacial score (nSPS) is 17.0. The van der Waals surface area contributed by atoms with Crippen LogP contribution in [-0.2, 0) is 9.53 Å². The number of para-hydroxylation sites is 1. The molecular formula is C20H17NO5. The van der Waals surface area contributed by atoms with Crippen LogP contribution in [0.4, 0.5) is 0 Å². The molecule has 0 aliphatic carbocycles. The highest BCUT2D eigenvalue weighted by molar-refractivity contribution is 6.13. The number of benzene rings is 2. The van der Waals surface area contributed by atoms with Crippen LogP contribution >= 0.6 is 0 Å². The van der Waals surface area contributed by atoms with E-state index >= 15 is 0 Å². The fraction of sp³-hybridized carbons (Fsp3) is 0.200. The van der Waals surface area contributed by atoms with Crippen molar-refractivity contribution in [2.45, 2.75) is 6.92 Å². The lowest BCUT2D eigenvalue weighted by Crippen LogP contribution is -2.15. The van der Waals surface area contributed by atoms with E-state index in [0.29, 0.717) is 42.6 Å². The summed E-state index contributed by atoms with van der Waals surface area (Å²) in [6, 6.07) is 12.8. The van der Waals surface area contributed by atoms with Crippen LogP contribution in [0.1, 0.15) is 18.1 Å². The number of carbonyl (C=O) groups excluding carboxylic acids is 1. The molecule has 2 aromatic carbocycles. The highest BCUT2D eigenvalue weighted by Crippen LogP contribution is 2.32. The Balaban J connectivity index is 1.65. The van der Waals surface area contributed by atoms with Crippen LogP contribution in [0.15, 0.2) is 53.2 Å². The van der Waals surface area contributed by atoms with Crippen LogP contribution in [-0.4, -0.2) is 31.7 Å². The summed E-state index contributed by atoms with van der Waals surface area (Å²) in [4.78, 5) is 16.6. The zero-order chi connectivity index (χ0) is 17.9. The van der Waals surface area contributed by atoms with Crippen molar-refractivity contribution in [2.24, 2.45) is 4.99 Å². The van der Waals surface area contributed by atoms with E-state index in [1.165, 1.54) is 0 Å². The van der Waals surface area contributed by atoms with Gasteiger partial charge in [-0.3, -0.25) is 0 Å². The molecule has 0 bridgehead atoms. The van der Waals surface area contributed by atoms with Crippen LogP contribution in [0.25, 0.3) is 6.08 Å². The number of fused-ring (bicyclic) bond motifs is 1. The van der Waals surface area contributed by atoms with Gasteiger partial charge in [0.05, 0.1) is 12.2 Å². The second kappa shape index (κ2) is 6.92. The monoisotopic (exact) mass is 351 g/mol. The molecule has 0 saturated heterocycles. The van der Waals surface area contributed by atoms with E-state index in [9.17, 15) is 4.79 Å². The van der Waals surface area contributed by atoms with E-state index in [0.717, 1.165) is 5.56 Å². The molecule has 0 radical (unpaired) electrons. The van der Waals surface area contributed by atoms with Crippen molar-refractivity contribution < 1.29 is 23.7 Å². The third kappa shape index (κ3) is 3.13. The van der Waals surface area contributed by atoms with E-state index in [4.69, 9.17) is 18.9 Å². The number of carbonyl (C=O) groups is 1. The quantitative estimate of drug-likeness (QED) is 0.625. The SMILES string of the molecule is CCOc1ccccc1C1=NC(=Cc2ccc3c(c2)OCCO3)C(=O)O1. The summed E-state index contributed by atoms with van der Waals surface area (Å²) in [5.41, 5.74) is 1.65. The van der Waals surface area contributed by atoms with Crippen molar-refractivity contribution in [3.05, 3.63) is 59.3 Å². The van der Waals surface area contributed by atoms with E-state index in [-0.39, 0.29) is 11.6 Å². The summed E-state index contributed by atoms with van der Waals surface area (Å²) in [6.07, 6.45) is 1.66. The minimum atomic E-state index is -0.499. The number of cyclic esters (lactones) is 1. The average Bonchev–Trinajstić information content (AvgIpc) is 3.03. The van der Waals surface area contributed by atoms with Gasteiger partial charge in [0, 0.05) is 0 Å². The van der Waals surface area contributed by atoms with Gasteiger partial charge in [-0.1, -0.05) is 18.2 Å². The van der Waals surface area contributed by atoms with Gasteiger partial charge in [0.15, 0.2) is 17.2 Å². The lowest BCUT2D eigenvalue weighted by Gasteiger charge is -2.18. The summed E-state index contributed by atoms with van der Waals surface area (Å²) in [7, 11) is 0. The van der Waals surface area contributed by atoms with Gasteiger partial charge in [-0.15, -0.1) is 0 Å². The molecule has 2 aliphatic heterocycles. The number of rotatable bonds is 4. The Morgan fingerprint density at radius 3 is 2.77 bits per heavy atom. The number of hydrogen-bond acceptors (Lipinski definition) is 6. The van der Waals surface area contributed by atoms with Gasteiger partial charge in [-0.05, 0) is 42.8 Å². The first-order valence-electron chi connectivity index (χ1n) is 8.39. The highest BCUT2D eigenvalue weighted by atomic mass is 16.6. The molecule has 0 spiro atoms.